The zero-order valence-corrected chi connectivity index (χ0v) is 11.2. The average molecular weight is 250 g/mol. The van der Waals surface area contributed by atoms with Crippen molar-refractivity contribution in [3.8, 4) is 0 Å². The lowest BCUT2D eigenvalue weighted by molar-refractivity contribution is -0.136. The third-order valence-corrected chi connectivity index (χ3v) is 3.64. The molecule has 2 heterocycles. The summed E-state index contributed by atoms with van der Waals surface area (Å²) in [6, 6.07) is 2.59. The maximum absolute atomic E-state index is 12.3. The Bertz CT molecular complexity index is 376. The van der Waals surface area contributed by atoms with Crippen LogP contribution in [-0.4, -0.2) is 45.8 Å². The SMILES string of the molecule is CCC1CN(C(=O)Cn2cccn2)C(CC)CN1. The van der Waals surface area contributed by atoms with E-state index in [0.29, 0.717) is 18.6 Å². The summed E-state index contributed by atoms with van der Waals surface area (Å²) in [5, 5.41) is 7.59. The van der Waals surface area contributed by atoms with E-state index in [2.05, 4.69) is 24.3 Å². The monoisotopic (exact) mass is 250 g/mol. The number of carbonyl (C=O) groups excluding carboxylic acids is 1. The van der Waals surface area contributed by atoms with E-state index in [1.807, 2.05) is 17.2 Å². The van der Waals surface area contributed by atoms with Crippen LogP contribution in [0.5, 0.6) is 0 Å². The number of rotatable bonds is 4. The van der Waals surface area contributed by atoms with Gasteiger partial charge in [0, 0.05) is 37.6 Å². The van der Waals surface area contributed by atoms with Crippen LogP contribution in [0.1, 0.15) is 26.7 Å². The molecule has 1 aliphatic rings. The third kappa shape index (κ3) is 2.90. The molecule has 1 fully saturated rings. The smallest absolute Gasteiger partial charge is 0.244 e. The lowest BCUT2D eigenvalue weighted by atomic mass is 10.1. The summed E-state index contributed by atoms with van der Waals surface area (Å²) in [6.07, 6.45) is 5.59. The van der Waals surface area contributed by atoms with E-state index >= 15 is 0 Å². The zero-order chi connectivity index (χ0) is 13.0. The largest absolute Gasteiger partial charge is 0.335 e. The van der Waals surface area contributed by atoms with E-state index in [1.165, 1.54) is 0 Å². The molecule has 2 rings (SSSR count). The summed E-state index contributed by atoms with van der Waals surface area (Å²) in [7, 11) is 0. The molecule has 2 atom stereocenters. The van der Waals surface area contributed by atoms with Gasteiger partial charge in [-0.05, 0) is 18.9 Å². The van der Waals surface area contributed by atoms with Gasteiger partial charge in [-0.15, -0.1) is 0 Å². The Kier molecular flexibility index (Phi) is 4.36. The van der Waals surface area contributed by atoms with Crippen LogP contribution in [0.15, 0.2) is 18.5 Å². The minimum absolute atomic E-state index is 0.172. The summed E-state index contributed by atoms with van der Waals surface area (Å²) in [4.78, 5) is 14.4. The molecule has 2 unspecified atom stereocenters. The van der Waals surface area contributed by atoms with Crippen LogP contribution < -0.4 is 5.32 Å². The quantitative estimate of drug-likeness (QED) is 0.862. The second-order valence-corrected chi connectivity index (χ2v) is 4.83. The van der Waals surface area contributed by atoms with E-state index < -0.39 is 0 Å². The van der Waals surface area contributed by atoms with Gasteiger partial charge in [-0.1, -0.05) is 13.8 Å². The maximum atomic E-state index is 12.3. The number of nitrogens with one attached hydrogen (secondary N) is 1. The number of aromatic nitrogens is 2. The van der Waals surface area contributed by atoms with E-state index in [0.717, 1.165) is 25.9 Å². The van der Waals surface area contributed by atoms with E-state index in [-0.39, 0.29) is 5.91 Å². The Balaban J connectivity index is 2.00. The summed E-state index contributed by atoms with van der Waals surface area (Å²) in [6.45, 7) is 6.35. The molecular weight excluding hydrogens is 228 g/mol. The van der Waals surface area contributed by atoms with Gasteiger partial charge >= 0.3 is 0 Å². The number of hydrogen-bond donors (Lipinski definition) is 1. The summed E-state index contributed by atoms with van der Waals surface area (Å²) < 4.78 is 1.69. The third-order valence-electron chi connectivity index (χ3n) is 3.64. The number of carbonyl (C=O) groups is 1. The standard InChI is InChI=1S/C13H22N4O/c1-3-11-9-17(12(4-2)8-14-11)13(18)10-16-7-5-6-15-16/h5-7,11-12,14H,3-4,8-10H2,1-2H3. The maximum Gasteiger partial charge on any atom is 0.244 e. The predicted molar refractivity (Wildman–Crippen MR) is 70.1 cm³/mol. The van der Waals surface area contributed by atoms with Crippen LogP contribution in [0.3, 0.4) is 0 Å². The van der Waals surface area contributed by atoms with Crippen molar-refractivity contribution in [1.82, 2.24) is 20.0 Å². The molecule has 100 valence electrons. The van der Waals surface area contributed by atoms with Gasteiger partial charge in [0.1, 0.15) is 6.54 Å². The highest BCUT2D eigenvalue weighted by Gasteiger charge is 2.29. The molecule has 1 amide bonds. The molecule has 0 aromatic carbocycles. The first-order valence-electron chi connectivity index (χ1n) is 6.74. The molecule has 18 heavy (non-hydrogen) atoms. The van der Waals surface area contributed by atoms with Crippen LogP contribution >= 0.6 is 0 Å². The van der Waals surface area contributed by atoms with Crippen molar-refractivity contribution in [2.45, 2.75) is 45.3 Å². The van der Waals surface area contributed by atoms with Crippen LogP contribution in [0.25, 0.3) is 0 Å². The van der Waals surface area contributed by atoms with E-state index in [1.54, 1.807) is 10.9 Å². The molecule has 1 saturated heterocycles. The van der Waals surface area contributed by atoms with Crippen molar-refractivity contribution in [1.29, 1.82) is 0 Å². The molecule has 1 aromatic rings. The molecule has 0 spiro atoms. The summed E-state index contributed by atoms with van der Waals surface area (Å²) in [5.74, 6) is 0.172. The van der Waals surface area contributed by atoms with Crippen molar-refractivity contribution in [3.63, 3.8) is 0 Å². The highest BCUT2D eigenvalue weighted by Crippen LogP contribution is 2.13. The average Bonchev–Trinajstić information content (AvgIpc) is 2.90. The second-order valence-electron chi connectivity index (χ2n) is 4.83. The fourth-order valence-corrected chi connectivity index (χ4v) is 2.43. The molecule has 5 nitrogen and oxygen atoms in total. The first kappa shape index (κ1) is 13.1. The Hall–Kier alpha value is -1.36. The van der Waals surface area contributed by atoms with Gasteiger partial charge in [-0.25, -0.2) is 0 Å². The molecule has 1 N–H and O–H groups in total. The van der Waals surface area contributed by atoms with Crippen molar-refractivity contribution in [2.24, 2.45) is 0 Å². The van der Waals surface area contributed by atoms with E-state index in [4.69, 9.17) is 0 Å². The lowest BCUT2D eigenvalue weighted by Crippen LogP contribution is -2.58. The second kappa shape index (κ2) is 6.00. The number of amides is 1. The van der Waals surface area contributed by atoms with Gasteiger partial charge in [0.15, 0.2) is 0 Å². The van der Waals surface area contributed by atoms with Crippen molar-refractivity contribution >= 4 is 5.91 Å². The number of nitrogens with zero attached hydrogens (tertiary/aromatic N) is 3. The van der Waals surface area contributed by atoms with Gasteiger partial charge in [0.05, 0.1) is 0 Å². The Morgan fingerprint density at radius 1 is 1.44 bits per heavy atom. The first-order chi connectivity index (χ1) is 8.74. The van der Waals surface area contributed by atoms with Gasteiger partial charge < -0.3 is 10.2 Å². The molecule has 0 aliphatic carbocycles. The van der Waals surface area contributed by atoms with Gasteiger partial charge in [-0.3, -0.25) is 9.48 Å². The fourth-order valence-electron chi connectivity index (χ4n) is 2.43. The van der Waals surface area contributed by atoms with Gasteiger partial charge in [0.25, 0.3) is 0 Å². The Labute approximate surface area is 108 Å². The topological polar surface area (TPSA) is 50.2 Å². The lowest BCUT2D eigenvalue weighted by Gasteiger charge is -2.40. The normalized spacial score (nSPS) is 24.2. The molecule has 1 aliphatic heterocycles. The molecule has 1 aromatic heterocycles. The highest BCUT2D eigenvalue weighted by atomic mass is 16.2. The zero-order valence-electron chi connectivity index (χ0n) is 11.2. The number of hydrogen-bond acceptors (Lipinski definition) is 3. The Morgan fingerprint density at radius 2 is 2.28 bits per heavy atom. The summed E-state index contributed by atoms with van der Waals surface area (Å²) >= 11 is 0. The molecule has 0 saturated carbocycles. The molecule has 0 radical (unpaired) electrons. The van der Waals surface area contributed by atoms with Crippen LogP contribution in [0.2, 0.25) is 0 Å². The fraction of sp³-hybridized carbons (Fsp3) is 0.692. The Morgan fingerprint density at radius 3 is 2.89 bits per heavy atom. The van der Waals surface area contributed by atoms with Crippen molar-refractivity contribution < 1.29 is 4.79 Å². The molecule has 0 bridgehead atoms. The highest BCUT2D eigenvalue weighted by molar-refractivity contribution is 5.76. The van der Waals surface area contributed by atoms with E-state index in [9.17, 15) is 4.79 Å². The summed E-state index contributed by atoms with van der Waals surface area (Å²) in [5.41, 5.74) is 0. The van der Waals surface area contributed by atoms with Gasteiger partial charge in [-0.2, -0.15) is 5.10 Å². The minimum Gasteiger partial charge on any atom is -0.335 e. The predicted octanol–water partition coefficient (Wildman–Crippen LogP) is 0.872. The van der Waals surface area contributed by atoms with Crippen LogP contribution in [-0.2, 0) is 11.3 Å². The van der Waals surface area contributed by atoms with Crippen molar-refractivity contribution in [2.75, 3.05) is 13.1 Å². The minimum atomic E-state index is 0.172. The van der Waals surface area contributed by atoms with Gasteiger partial charge in [0.2, 0.25) is 5.91 Å². The van der Waals surface area contributed by atoms with Crippen molar-refractivity contribution in [3.05, 3.63) is 18.5 Å². The number of piperazine rings is 1. The van der Waals surface area contributed by atoms with Crippen LogP contribution in [0, 0.1) is 0 Å². The first-order valence-corrected chi connectivity index (χ1v) is 6.74. The molecule has 5 heteroatoms. The molecular formula is C13H22N4O. The van der Waals surface area contributed by atoms with Crippen LogP contribution in [0.4, 0.5) is 0 Å².